The highest BCUT2D eigenvalue weighted by Gasteiger charge is 2.06. The van der Waals surface area contributed by atoms with E-state index in [1.54, 1.807) is 19.2 Å². The average molecular weight is 356 g/mol. The van der Waals surface area contributed by atoms with Crippen molar-refractivity contribution >= 4 is 17.6 Å². The summed E-state index contributed by atoms with van der Waals surface area (Å²) in [4.78, 5) is 17.3. The molecule has 2 rings (SSSR count). The number of anilines is 1. The van der Waals surface area contributed by atoms with Crippen molar-refractivity contribution in [2.75, 3.05) is 26.0 Å². The van der Waals surface area contributed by atoms with Gasteiger partial charge in [0.25, 0.3) is 0 Å². The molecule has 2 aromatic carbocycles. The summed E-state index contributed by atoms with van der Waals surface area (Å²) in [6.07, 6.45) is 0.837. The maximum absolute atomic E-state index is 13.0. The molecule has 0 saturated heterocycles. The zero-order chi connectivity index (χ0) is 18.9. The Labute approximate surface area is 153 Å². The predicted octanol–water partition coefficient (Wildman–Crippen LogP) is 3.03. The Balaban J connectivity index is 1.82. The lowest BCUT2D eigenvalue weighted by Gasteiger charge is -2.22. The Bertz CT molecular complexity index is 741. The van der Waals surface area contributed by atoms with Gasteiger partial charge in [-0.3, -0.25) is 9.79 Å². The van der Waals surface area contributed by atoms with Crippen molar-refractivity contribution in [3.63, 3.8) is 0 Å². The van der Waals surface area contributed by atoms with Gasteiger partial charge in [0.15, 0.2) is 5.96 Å². The number of hydrogen-bond acceptors (Lipinski definition) is 2. The molecule has 1 amide bonds. The molecule has 0 aromatic heterocycles. The quantitative estimate of drug-likeness (QED) is 0.618. The van der Waals surface area contributed by atoms with Gasteiger partial charge in [-0.2, -0.15) is 0 Å². The molecule has 0 aliphatic rings. The monoisotopic (exact) mass is 356 g/mol. The van der Waals surface area contributed by atoms with Gasteiger partial charge in [-0.05, 0) is 41.8 Å². The smallest absolute Gasteiger partial charge is 0.221 e. The highest BCUT2D eigenvalue weighted by molar-refractivity contribution is 5.88. The molecule has 0 unspecified atom stereocenters. The Kier molecular flexibility index (Phi) is 7.14. The van der Waals surface area contributed by atoms with Gasteiger partial charge >= 0.3 is 0 Å². The highest BCUT2D eigenvalue weighted by Crippen LogP contribution is 2.10. The second-order valence-electron chi connectivity index (χ2n) is 6.08. The van der Waals surface area contributed by atoms with Crippen LogP contribution < -0.4 is 10.6 Å². The van der Waals surface area contributed by atoms with E-state index in [0.29, 0.717) is 6.54 Å². The van der Waals surface area contributed by atoms with Crippen LogP contribution in [0.1, 0.15) is 18.1 Å². The van der Waals surface area contributed by atoms with Gasteiger partial charge in [0.2, 0.25) is 5.91 Å². The van der Waals surface area contributed by atoms with Gasteiger partial charge in [0.1, 0.15) is 5.82 Å². The Hall–Kier alpha value is -2.89. The lowest BCUT2D eigenvalue weighted by Crippen LogP contribution is -2.39. The SMILES string of the molecule is CN=C(NCCc1ccc(NC(C)=O)cc1)N(C)Cc1ccc(F)cc1. The van der Waals surface area contributed by atoms with Gasteiger partial charge in [-0.1, -0.05) is 24.3 Å². The minimum Gasteiger partial charge on any atom is -0.356 e. The third-order valence-electron chi connectivity index (χ3n) is 3.88. The number of rotatable bonds is 6. The van der Waals surface area contributed by atoms with E-state index in [9.17, 15) is 9.18 Å². The molecule has 0 aliphatic heterocycles. The van der Waals surface area contributed by atoms with Crippen LogP contribution in [0.25, 0.3) is 0 Å². The minimum absolute atomic E-state index is 0.0765. The van der Waals surface area contributed by atoms with Gasteiger partial charge in [0.05, 0.1) is 0 Å². The molecular formula is C20H25FN4O. The van der Waals surface area contributed by atoms with E-state index < -0.39 is 0 Å². The van der Waals surface area contributed by atoms with Crippen molar-refractivity contribution in [2.24, 2.45) is 4.99 Å². The molecule has 138 valence electrons. The van der Waals surface area contributed by atoms with Crippen LogP contribution in [0, 0.1) is 5.82 Å². The standard InChI is InChI=1S/C20H25FN4O/c1-15(26)24-19-10-6-16(7-11-19)12-13-23-20(22-2)25(3)14-17-4-8-18(21)9-5-17/h4-11H,12-14H2,1-3H3,(H,22,23)(H,24,26). The number of carbonyl (C=O) groups is 1. The van der Waals surface area contributed by atoms with E-state index in [1.165, 1.54) is 24.6 Å². The Morgan fingerprint density at radius 1 is 1.08 bits per heavy atom. The van der Waals surface area contributed by atoms with Gasteiger partial charge in [-0.15, -0.1) is 0 Å². The first-order valence-corrected chi connectivity index (χ1v) is 8.50. The number of aliphatic imine (C=N–C) groups is 1. The summed E-state index contributed by atoms with van der Waals surface area (Å²) in [5.41, 5.74) is 2.98. The van der Waals surface area contributed by atoms with Crippen LogP contribution in [0.4, 0.5) is 10.1 Å². The molecule has 5 nitrogen and oxygen atoms in total. The van der Waals surface area contributed by atoms with E-state index in [0.717, 1.165) is 30.2 Å². The molecule has 6 heteroatoms. The second kappa shape index (κ2) is 9.56. The number of nitrogens with one attached hydrogen (secondary N) is 2. The van der Waals surface area contributed by atoms with Crippen LogP contribution in [0.3, 0.4) is 0 Å². The first-order valence-electron chi connectivity index (χ1n) is 8.50. The number of nitrogens with zero attached hydrogens (tertiary/aromatic N) is 2. The summed E-state index contributed by atoms with van der Waals surface area (Å²) >= 11 is 0. The van der Waals surface area contributed by atoms with Crippen molar-refractivity contribution in [3.8, 4) is 0 Å². The van der Waals surface area contributed by atoms with Crippen molar-refractivity contribution in [1.82, 2.24) is 10.2 Å². The fourth-order valence-electron chi connectivity index (χ4n) is 2.60. The maximum Gasteiger partial charge on any atom is 0.221 e. The molecule has 2 N–H and O–H groups in total. The number of carbonyl (C=O) groups excluding carboxylic acids is 1. The van der Waals surface area contributed by atoms with E-state index in [-0.39, 0.29) is 11.7 Å². The van der Waals surface area contributed by atoms with E-state index in [4.69, 9.17) is 0 Å². The van der Waals surface area contributed by atoms with Crippen molar-refractivity contribution in [3.05, 3.63) is 65.5 Å². The topological polar surface area (TPSA) is 56.7 Å². The van der Waals surface area contributed by atoms with E-state index in [2.05, 4.69) is 15.6 Å². The summed E-state index contributed by atoms with van der Waals surface area (Å²) in [5, 5.41) is 6.08. The molecule has 0 bridgehead atoms. The molecule has 0 heterocycles. The predicted molar refractivity (Wildman–Crippen MR) is 104 cm³/mol. The molecule has 2 aromatic rings. The number of benzene rings is 2. The number of guanidine groups is 1. The number of amides is 1. The molecular weight excluding hydrogens is 331 g/mol. The summed E-state index contributed by atoms with van der Waals surface area (Å²) in [7, 11) is 3.69. The molecule has 0 saturated carbocycles. The lowest BCUT2D eigenvalue weighted by atomic mass is 10.1. The van der Waals surface area contributed by atoms with E-state index >= 15 is 0 Å². The van der Waals surface area contributed by atoms with Crippen molar-refractivity contribution in [1.29, 1.82) is 0 Å². The first kappa shape index (κ1) is 19.4. The lowest BCUT2D eigenvalue weighted by molar-refractivity contribution is -0.114. The molecule has 0 aliphatic carbocycles. The average Bonchev–Trinajstić information content (AvgIpc) is 2.61. The molecule has 0 spiro atoms. The zero-order valence-electron chi connectivity index (χ0n) is 15.4. The van der Waals surface area contributed by atoms with Gasteiger partial charge in [0, 0.05) is 39.8 Å². The first-order chi connectivity index (χ1) is 12.5. The minimum atomic E-state index is -0.233. The van der Waals surface area contributed by atoms with Crippen LogP contribution in [0.5, 0.6) is 0 Å². The maximum atomic E-state index is 13.0. The van der Waals surface area contributed by atoms with Gasteiger partial charge < -0.3 is 15.5 Å². The molecule has 26 heavy (non-hydrogen) atoms. The Morgan fingerprint density at radius 2 is 1.69 bits per heavy atom. The van der Waals surface area contributed by atoms with E-state index in [1.807, 2.05) is 36.2 Å². The van der Waals surface area contributed by atoms with Crippen LogP contribution in [0.2, 0.25) is 0 Å². The second-order valence-corrected chi connectivity index (χ2v) is 6.08. The molecule has 0 atom stereocenters. The zero-order valence-corrected chi connectivity index (χ0v) is 15.4. The van der Waals surface area contributed by atoms with Crippen LogP contribution in [0.15, 0.2) is 53.5 Å². The van der Waals surface area contributed by atoms with Crippen LogP contribution >= 0.6 is 0 Å². The highest BCUT2D eigenvalue weighted by atomic mass is 19.1. The Morgan fingerprint density at radius 3 is 2.27 bits per heavy atom. The van der Waals surface area contributed by atoms with Crippen LogP contribution in [-0.2, 0) is 17.8 Å². The summed E-state index contributed by atoms with van der Waals surface area (Å²) in [6, 6.07) is 14.3. The third-order valence-corrected chi connectivity index (χ3v) is 3.88. The molecule has 0 radical (unpaired) electrons. The summed E-state index contributed by atoms with van der Waals surface area (Å²) in [5.74, 6) is 0.472. The normalized spacial score (nSPS) is 11.2. The van der Waals surface area contributed by atoms with Crippen molar-refractivity contribution in [2.45, 2.75) is 19.9 Å². The van der Waals surface area contributed by atoms with Crippen LogP contribution in [-0.4, -0.2) is 37.4 Å². The fourth-order valence-corrected chi connectivity index (χ4v) is 2.60. The summed E-state index contributed by atoms with van der Waals surface area (Å²) in [6.45, 7) is 2.87. The largest absolute Gasteiger partial charge is 0.356 e. The number of hydrogen-bond donors (Lipinski definition) is 2. The van der Waals surface area contributed by atoms with Gasteiger partial charge in [-0.25, -0.2) is 4.39 Å². The van der Waals surface area contributed by atoms with Crippen molar-refractivity contribution < 1.29 is 9.18 Å². The fraction of sp³-hybridized carbons (Fsp3) is 0.300. The summed E-state index contributed by atoms with van der Waals surface area (Å²) < 4.78 is 13.0. The molecule has 0 fully saturated rings. The third kappa shape index (κ3) is 6.20. The number of halogens is 1.